The first-order valence-corrected chi connectivity index (χ1v) is 6.49. The third-order valence-electron chi connectivity index (χ3n) is 3.94. The van der Waals surface area contributed by atoms with Gasteiger partial charge in [-0.15, -0.1) is 0 Å². The van der Waals surface area contributed by atoms with Crippen molar-refractivity contribution in [3.05, 3.63) is 58.6 Å². The van der Waals surface area contributed by atoms with Crippen LogP contribution in [0, 0.1) is 0 Å². The van der Waals surface area contributed by atoms with Gasteiger partial charge in [-0.1, -0.05) is 41.9 Å². The van der Waals surface area contributed by atoms with Gasteiger partial charge in [-0.3, -0.25) is 0 Å². The predicted molar refractivity (Wildman–Crippen MR) is 76.2 cm³/mol. The topological polar surface area (TPSA) is 4.93 Å². The quantitative estimate of drug-likeness (QED) is 0.438. The highest BCUT2D eigenvalue weighted by atomic mass is 35.5. The lowest BCUT2D eigenvalue weighted by atomic mass is 10.1. The fourth-order valence-corrected chi connectivity index (χ4v) is 3.37. The number of halogens is 1. The minimum atomic E-state index is 0.882. The van der Waals surface area contributed by atoms with Crippen LogP contribution < -0.4 is 0 Å². The Kier molecular flexibility index (Phi) is 1.93. The zero-order valence-corrected chi connectivity index (χ0v) is 10.8. The van der Waals surface area contributed by atoms with Gasteiger partial charge in [0.1, 0.15) is 0 Å². The maximum atomic E-state index is 6.31. The highest BCUT2D eigenvalue weighted by Crippen LogP contribution is 2.44. The van der Waals surface area contributed by atoms with Gasteiger partial charge in [0.25, 0.3) is 0 Å². The zero-order valence-electron chi connectivity index (χ0n) is 10.1. The summed E-state index contributed by atoms with van der Waals surface area (Å²) in [6.07, 6.45) is 0.950. The van der Waals surface area contributed by atoms with Crippen LogP contribution in [0.2, 0.25) is 5.02 Å². The van der Waals surface area contributed by atoms with Gasteiger partial charge in [0.15, 0.2) is 0 Å². The normalized spacial score (nSPS) is 12.8. The highest BCUT2D eigenvalue weighted by Gasteiger charge is 2.26. The number of aromatic nitrogens is 1. The van der Waals surface area contributed by atoms with Crippen LogP contribution in [0.15, 0.2) is 42.5 Å². The second-order valence-corrected chi connectivity index (χ2v) is 5.25. The largest absolute Gasteiger partial charge is 0.343 e. The van der Waals surface area contributed by atoms with Gasteiger partial charge in [0.2, 0.25) is 0 Å². The number of fused-ring (bicyclic) bond motifs is 5. The first kappa shape index (κ1) is 10.2. The number of rotatable bonds is 0. The smallest absolute Gasteiger partial charge is 0.0528 e. The molecule has 0 amide bonds. The molecular formula is C16H12ClN. The van der Waals surface area contributed by atoms with Crippen LogP contribution in [0.5, 0.6) is 0 Å². The second kappa shape index (κ2) is 3.39. The van der Waals surface area contributed by atoms with Crippen molar-refractivity contribution in [1.82, 2.24) is 4.57 Å². The molecule has 1 aliphatic carbocycles. The van der Waals surface area contributed by atoms with Crippen molar-refractivity contribution in [3.63, 3.8) is 0 Å². The Morgan fingerprint density at radius 2 is 1.83 bits per heavy atom. The van der Waals surface area contributed by atoms with Crippen molar-refractivity contribution in [3.8, 4) is 11.3 Å². The van der Waals surface area contributed by atoms with Crippen LogP contribution in [-0.2, 0) is 13.5 Å². The minimum absolute atomic E-state index is 0.882. The van der Waals surface area contributed by atoms with E-state index in [1.807, 2.05) is 12.1 Å². The van der Waals surface area contributed by atoms with E-state index < -0.39 is 0 Å². The summed E-state index contributed by atoms with van der Waals surface area (Å²) in [5.74, 6) is 0. The lowest BCUT2D eigenvalue weighted by Gasteiger charge is -2.06. The summed E-state index contributed by atoms with van der Waals surface area (Å²) in [6, 6.07) is 14.8. The van der Waals surface area contributed by atoms with Gasteiger partial charge in [-0.25, -0.2) is 0 Å². The number of hydrogen-bond acceptors (Lipinski definition) is 0. The Morgan fingerprint density at radius 1 is 1.00 bits per heavy atom. The molecular weight excluding hydrogens is 242 g/mol. The fourth-order valence-electron chi connectivity index (χ4n) is 3.13. The zero-order chi connectivity index (χ0) is 12.3. The lowest BCUT2D eigenvalue weighted by Crippen LogP contribution is -1.91. The van der Waals surface area contributed by atoms with Crippen LogP contribution in [0.1, 0.15) is 11.1 Å². The summed E-state index contributed by atoms with van der Waals surface area (Å²) >= 11 is 6.31. The summed E-state index contributed by atoms with van der Waals surface area (Å²) in [5, 5.41) is 2.23. The van der Waals surface area contributed by atoms with Gasteiger partial charge in [-0.2, -0.15) is 0 Å². The molecule has 1 nitrogen and oxygen atoms in total. The maximum absolute atomic E-state index is 6.31. The minimum Gasteiger partial charge on any atom is -0.343 e. The molecule has 0 unspecified atom stereocenters. The third-order valence-corrected chi connectivity index (χ3v) is 4.29. The molecule has 18 heavy (non-hydrogen) atoms. The molecule has 0 atom stereocenters. The van der Waals surface area contributed by atoms with Gasteiger partial charge in [-0.05, 0) is 23.3 Å². The van der Waals surface area contributed by atoms with E-state index in [1.165, 1.54) is 33.3 Å². The van der Waals surface area contributed by atoms with Crippen molar-refractivity contribution in [1.29, 1.82) is 0 Å². The van der Waals surface area contributed by atoms with Gasteiger partial charge >= 0.3 is 0 Å². The molecule has 0 N–H and O–H groups in total. The Hall–Kier alpha value is -1.73. The van der Waals surface area contributed by atoms with Crippen molar-refractivity contribution >= 4 is 22.5 Å². The van der Waals surface area contributed by atoms with E-state index >= 15 is 0 Å². The van der Waals surface area contributed by atoms with Crippen LogP contribution in [0.25, 0.3) is 22.2 Å². The molecule has 88 valence electrons. The molecule has 2 heteroatoms. The molecule has 0 aliphatic heterocycles. The average Bonchev–Trinajstić information content (AvgIpc) is 2.89. The Bertz CT molecular complexity index is 783. The predicted octanol–water partition coefficient (Wildman–Crippen LogP) is 4.40. The number of nitrogens with zero attached hydrogens (tertiary/aromatic N) is 1. The molecule has 0 fully saturated rings. The Balaban J connectivity index is 2.16. The SMILES string of the molecule is Cn1c2c(c3ccccc31)Cc1c(Cl)cccc1-2. The third kappa shape index (κ3) is 1.12. The van der Waals surface area contributed by atoms with Crippen molar-refractivity contribution in [2.24, 2.45) is 7.05 Å². The molecule has 1 aromatic heterocycles. The monoisotopic (exact) mass is 253 g/mol. The molecule has 0 spiro atoms. The van der Waals surface area contributed by atoms with E-state index in [0.717, 1.165) is 11.4 Å². The van der Waals surface area contributed by atoms with E-state index in [-0.39, 0.29) is 0 Å². The molecule has 3 aromatic rings. The molecule has 0 bridgehead atoms. The van der Waals surface area contributed by atoms with Gasteiger partial charge in [0.05, 0.1) is 5.69 Å². The van der Waals surface area contributed by atoms with Crippen molar-refractivity contribution in [2.75, 3.05) is 0 Å². The average molecular weight is 254 g/mol. The Morgan fingerprint density at radius 3 is 2.72 bits per heavy atom. The lowest BCUT2D eigenvalue weighted by molar-refractivity contribution is 0.978. The Labute approximate surface area is 111 Å². The molecule has 1 aliphatic rings. The van der Waals surface area contributed by atoms with Crippen LogP contribution in [-0.4, -0.2) is 4.57 Å². The summed E-state index contributed by atoms with van der Waals surface area (Å²) in [4.78, 5) is 0. The molecule has 0 radical (unpaired) electrons. The molecule has 1 heterocycles. The van der Waals surface area contributed by atoms with E-state index in [0.29, 0.717) is 0 Å². The molecule has 0 saturated heterocycles. The van der Waals surface area contributed by atoms with Crippen LogP contribution in [0.4, 0.5) is 0 Å². The molecule has 0 saturated carbocycles. The number of para-hydroxylation sites is 1. The maximum Gasteiger partial charge on any atom is 0.0528 e. The van der Waals surface area contributed by atoms with Gasteiger partial charge < -0.3 is 4.57 Å². The standard InChI is InChI=1S/C16H12ClN/c1-18-15-8-3-2-5-10(15)13-9-12-11(16(13)18)6-4-7-14(12)17/h2-8H,9H2,1H3. The van der Waals surface area contributed by atoms with E-state index in [4.69, 9.17) is 11.6 Å². The highest BCUT2D eigenvalue weighted by molar-refractivity contribution is 6.32. The number of benzene rings is 2. The van der Waals surface area contributed by atoms with Crippen molar-refractivity contribution < 1.29 is 0 Å². The van der Waals surface area contributed by atoms with Crippen LogP contribution >= 0.6 is 11.6 Å². The number of hydrogen-bond donors (Lipinski definition) is 0. The summed E-state index contributed by atoms with van der Waals surface area (Å²) < 4.78 is 2.28. The van der Waals surface area contributed by atoms with E-state index in [2.05, 4.69) is 41.9 Å². The first-order chi connectivity index (χ1) is 8.77. The fraction of sp³-hybridized carbons (Fsp3) is 0.125. The summed E-state index contributed by atoms with van der Waals surface area (Å²) in [5.41, 5.74) is 6.60. The summed E-state index contributed by atoms with van der Waals surface area (Å²) in [7, 11) is 2.14. The second-order valence-electron chi connectivity index (χ2n) is 4.85. The number of aryl methyl sites for hydroxylation is 1. The van der Waals surface area contributed by atoms with Crippen LogP contribution in [0.3, 0.4) is 0 Å². The molecule has 4 rings (SSSR count). The van der Waals surface area contributed by atoms with Gasteiger partial charge in [0, 0.05) is 35.0 Å². The van der Waals surface area contributed by atoms with E-state index in [1.54, 1.807) is 0 Å². The summed E-state index contributed by atoms with van der Waals surface area (Å²) in [6.45, 7) is 0. The molecule has 2 aromatic carbocycles. The van der Waals surface area contributed by atoms with Crippen molar-refractivity contribution in [2.45, 2.75) is 6.42 Å². The first-order valence-electron chi connectivity index (χ1n) is 6.11. The van der Waals surface area contributed by atoms with E-state index in [9.17, 15) is 0 Å².